The van der Waals surface area contributed by atoms with Crippen molar-refractivity contribution in [3.05, 3.63) is 11.6 Å². The fourth-order valence-electron chi connectivity index (χ4n) is 1.31. The Bertz CT molecular complexity index is 625. The molecule has 0 atom stereocenters. The molecule has 0 aliphatic heterocycles. The Labute approximate surface area is 122 Å². The minimum Gasteiger partial charge on any atom is -0.354 e. The van der Waals surface area contributed by atoms with E-state index >= 15 is 0 Å². The van der Waals surface area contributed by atoms with E-state index in [4.69, 9.17) is 21.0 Å². The molecule has 0 amide bonds. The molecule has 0 spiro atoms. The molecule has 1 rings (SSSR count). The maximum atomic E-state index is 9.14. The number of nitriles is 4. The minimum absolute atomic E-state index is 0.0924. The first kappa shape index (κ1) is 15.8. The van der Waals surface area contributed by atoms with E-state index in [1.165, 1.54) is 13.8 Å². The maximum absolute atomic E-state index is 9.14. The van der Waals surface area contributed by atoms with Gasteiger partial charge in [0, 0.05) is 6.54 Å². The molecule has 0 radical (unpaired) electrons. The van der Waals surface area contributed by atoms with E-state index in [0.717, 1.165) is 0 Å². The third-order valence-electron chi connectivity index (χ3n) is 2.76. The molecular formula is C13H12N8. The molecule has 0 bridgehead atoms. The van der Waals surface area contributed by atoms with Crippen LogP contribution in [0.15, 0.2) is 0 Å². The van der Waals surface area contributed by atoms with Gasteiger partial charge in [-0.05, 0) is 20.8 Å². The van der Waals surface area contributed by atoms with Gasteiger partial charge in [-0.25, -0.2) is 4.98 Å². The molecule has 0 aliphatic carbocycles. The van der Waals surface area contributed by atoms with E-state index < -0.39 is 10.8 Å². The van der Waals surface area contributed by atoms with Crippen LogP contribution in [0.5, 0.6) is 0 Å². The van der Waals surface area contributed by atoms with Crippen LogP contribution in [0.1, 0.15) is 32.4 Å². The van der Waals surface area contributed by atoms with Gasteiger partial charge < -0.3 is 5.32 Å². The summed E-state index contributed by atoms with van der Waals surface area (Å²) in [6, 6.07) is 7.28. The molecular weight excluding hydrogens is 268 g/mol. The van der Waals surface area contributed by atoms with Crippen molar-refractivity contribution in [2.45, 2.75) is 31.6 Å². The lowest BCUT2D eigenvalue weighted by Crippen LogP contribution is -2.28. The van der Waals surface area contributed by atoms with Crippen LogP contribution in [-0.2, 0) is 10.8 Å². The minimum atomic E-state index is -1.59. The number of hydrogen-bond acceptors (Lipinski definition) is 8. The van der Waals surface area contributed by atoms with Gasteiger partial charge in [0.1, 0.15) is 0 Å². The first-order valence-electron chi connectivity index (χ1n) is 6.05. The number of hydrogen-bond donors (Lipinski definition) is 1. The SMILES string of the molecule is CCNc1nc(C(C)(C#N)C#N)nc(C(C)(C#N)C#N)n1. The first-order valence-corrected chi connectivity index (χ1v) is 6.05. The zero-order valence-corrected chi connectivity index (χ0v) is 11.8. The standard InChI is InChI=1S/C13H12N8/c1-4-18-11-20-9(12(2,5-14)6-15)19-10(21-11)13(3,7-16)8-17/h4H2,1-3H3,(H,18,19,20,21). The topological polar surface area (TPSA) is 146 Å². The Kier molecular flexibility index (Phi) is 4.39. The molecule has 0 fully saturated rings. The van der Waals surface area contributed by atoms with E-state index in [2.05, 4.69) is 20.3 Å². The van der Waals surface area contributed by atoms with Crippen molar-refractivity contribution in [3.8, 4) is 24.3 Å². The van der Waals surface area contributed by atoms with Gasteiger partial charge in [0.2, 0.25) is 5.95 Å². The average Bonchev–Trinajstić information content (AvgIpc) is 2.53. The van der Waals surface area contributed by atoms with Gasteiger partial charge in [0.15, 0.2) is 22.5 Å². The van der Waals surface area contributed by atoms with Crippen molar-refractivity contribution in [2.24, 2.45) is 0 Å². The number of nitrogens with zero attached hydrogens (tertiary/aromatic N) is 7. The summed E-state index contributed by atoms with van der Waals surface area (Å²) in [6.07, 6.45) is 0. The smallest absolute Gasteiger partial charge is 0.226 e. The van der Waals surface area contributed by atoms with E-state index in [9.17, 15) is 0 Å². The highest BCUT2D eigenvalue weighted by Gasteiger charge is 2.36. The molecule has 1 N–H and O–H groups in total. The number of anilines is 1. The van der Waals surface area contributed by atoms with Crippen molar-refractivity contribution in [1.82, 2.24) is 15.0 Å². The summed E-state index contributed by atoms with van der Waals surface area (Å²) >= 11 is 0. The van der Waals surface area contributed by atoms with Crippen molar-refractivity contribution in [3.63, 3.8) is 0 Å². The van der Waals surface area contributed by atoms with Crippen LogP contribution in [0, 0.1) is 45.3 Å². The molecule has 21 heavy (non-hydrogen) atoms. The molecule has 104 valence electrons. The summed E-state index contributed by atoms with van der Waals surface area (Å²) in [7, 11) is 0. The summed E-state index contributed by atoms with van der Waals surface area (Å²) in [5, 5.41) is 39.4. The molecule has 0 saturated carbocycles. The lowest BCUT2D eigenvalue weighted by Gasteiger charge is -2.17. The van der Waals surface area contributed by atoms with Gasteiger partial charge in [0.05, 0.1) is 24.3 Å². The van der Waals surface area contributed by atoms with Crippen LogP contribution >= 0.6 is 0 Å². The van der Waals surface area contributed by atoms with Gasteiger partial charge in [-0.15, -0.1) is 0 Å². The molecule has 0 aliphatic rings. The fraction of sp³-hybridized carbons (Fsp3) is 0.462. The molecule has 1 aromatic heterocycles. The Morgan fingerprint density at radius 3 is 1.52 bits per heavy atom. The van der Waals surface area contributed by atoms with E-state index in [-0.39, 0.29) is 17.6 Å². The van der Waals surface area contributed by atoms with Crippen LogP contribution in [0.4, 0.5) is 5.95 Å². The van der Waals surface area contributed by atoms with Crippen molar-refractivity contribution in [2.75, 3.05) is 11.9 Å². The number of rotatable bonds is 4. The highest BCUT2D eigenvalue weighted by molar-refractivity contribution is 5.38. The van der Waals surface area contributed by atoms with E-state index in [1.54, 1.807) is 0 Å². The molecule has 8 heteroatoms. The second-order valence-corrected chi connectivity index (χ2v) is 4.53. The van der Waals surface area contributed by atoms with Gasteiger partial charge in [-0.3, -0.25) is 0 Å². The third-order valence-corrected chi connectivity index (χ3v) is 2.76. The predicted molar refractivity (Wildman–Crippen MR) is 71.1 cm³/mol. The number of aromatic nitrogens is 3. The van der Waals surface area contributed by atoms with E-state index in [1.807, 2.05) is 31.2 Å². The van der Waals surface area contributed by atoms with Crippen LogP contribution in [0.25, 0.3) is 0 Å². The Morgan fingerprint density at radius 2 is 1.24 bits per heavy atom. The Hall–Kier alpha value is -3.23. The summed E-state index contributed by atoms with van der Waals surface area (Å²) in [4.78, 5) is 12.0. The lowest BCUT2D eigenvalue weighted by molar-refractivity contribution is 0.644. The second-order valence-electron chi connectivity index (χ2n) is 4.53. The van der Waals surface area contributed by atoms with Gasteiger partial charge in [-0.1, -0.05) is 0 Å². The van der Waals surface area contributed by atoms with Crippen LogP contribution in [0.3, 0.4) is 0 Å². The second kappa shape index (κ2) is 5.82. The monoisotopic (exact) mass is 280 g/mol. The van der Waals surface area contributed by atoms with E-state index in [0.29, 0.717) is 6.54 Å². The Balaban J connectivity index is 3.62. The largest absolute Gasteiger partial charge is 0.354 e. The van der Waals surface area contributed by atoms with Crippen LogP contribution < -0.4 is 5.32 Å². The third kappa shape index (κ3) is 2.86. The summed E-state index contributed by atoms with van der Waals surface area (Å²) in [5.41, 5.74) is -3.18. The molecule has 1 heterocycles. The molecule has 0 aromatic carbocycles. The molecule has 0 unspecified atom stereocenters. The van der Waals surface area contributed by atoms with Gasteiger partial charge in [0.25, 0.3) is 0 Å². The highest BCUT2D eigenvalue weighted by Crippen LogP contribution is 2.24. The zero-order chi connectivity index (χ0) is 16.1. The van der Waals surface area contributed by atoms with Gasteiger partial charge >= 0.3 is 0 Å². The number of nitrogens with one attached hydrogen (secondary N) is 1. The van der Waals surface area contributed by atoms with Crippen molar-refractivity contribution < 1.29 is 0 Å². The summed E-state index contributed by atoms with van der Waals surface area (Å²) in [5.74, 6) is -0.0682. The highest BCUT2D eigenvalue weighted by atomic mass is 15.2. The van der Waals surface area contributed by atoms with Crippen molar-refractivity contribution in [1.29, 1.82) is 21.0 Å². The fourth-order valence-corrected chi connectivity index (χ4v) is 1.31. The summed E-state index contributed by atoms with van der Waals surface area (Å²) in [6.45, 7) is 5.02. The first-order chi connectivity index (χ1) is 9.88. The molecule has 8 nitrogen and oxygen atoms in total. The quantitative estimate of drug-likeness (QED) is 0.856. The van der Waals surface area contributed by atoms with Crippen LogP contribution in [0.2, 0.25) is 0 Å². The van der Waals surface area contributed by atoms with Crippen molar-refractivity contribution >= 4 is 5.95 Å². The normalized spacial score (nSPS) is 10.6. The summed E-state index contributed by atoms with van der Waals surface area (Å²) < 4.78 is 0. The zero-order valence-electron chi connectivity index (χ0n) is 11.8. The van der Waals surface area contributed by atoms with Gasteiger partial charge in [-0.2, -0.15) is 31.0 Å². The predicted octanol–water partition coefficient (Wildman–Crippen LogP) is 0.913. The Morgan fingerprint density at radius 1 is 0.857 bits per heavy atom. The maximum Gasteiger partial charge on any atom is 0.226 e. The van der Waals surface area contributed by atoms with Crippen LogP contribution in [-0.4, -0.2) is 21.5 Å². The molecule has 1 aromatic rings. The lowest BCUT2D eigenvalue weighted by atomic mass is 9.91. The average molecular weight is 280 g/mol. The molecule has 0 saturated heterocycles.